The standard InChI is InChI=1S/C13H16/c1-4-11(2)8-9-13-7-5-6-12(3)10-13/h5-10H,2,4H2,1,3H3/b9-8+. The van der Waals surface area contributed by atoms with E-state index in [1.165, 1.54) is 16.7 Å². The van der Waals surface area contributed by atoms with Gasteiger partial charge in [-0.25, -0.2) is 0 Å². The van der Waals surface area contributed by atoms with E-state index in [1.807, 2.05) is 0 Å². The molecule has 0 amide bonds. The van der Waals surface area contributed by atoms with Crippen LogP contribution in [0.5, 0.6) is 0 Å². The maximum absolute atomic E-state index is 3.92. The lowest BCUT2D eigenvalue weighted by Gasteiger charge is -1.96. The maximum atomic E-state index is 3.92. The molecule has 0 aliphatic rings. The van der Waals surface area contributed by atoms with Gasteiger partial charge in [-0.15, -0.1) is 0 Å². The molecule has 0 heteroatoms. The summed E-state index contributed by atoms with van der Waals surface area (Å²) in [4.78, 5) is 0. The number of hydrogen-bond donors (Lipinski definition) is 0. The Morgan fingerprint density at radius 2 is 2.23 bits per heavy atom. The molecule has 0 atom stereocenters. The molecule has 0 unspecified atom stereocenters. The van der Waals surface area contributed by atoms with Crippen molar-refractivity contribution in [3.05, 3.63) is 53.6 Å². The SMILES string of the molecule is C=C(/C=C/c1cccc(C)c1)CC. The van der Waals surface area contributed by atoms with Gasteiger partial charge in [0, 0.05) is 0 Å². The summed E-state index contributed by atoms with van der Waals surface area (Å²) in [5.74, 6) is 0. The number of rotatable bonds is 3. The highest BCUT2D eigenvalue weighted by atomic mass is 13.9. The predicted molar refractivity (Wildman–Crippen MR) is 59.6 cm³/mol. The second-order valence-electron chi connectivity index (χ2n) is 3.26. The zero-order valence-electron chi connectivity index (χ0n) is 8.38. The number of benzene rings is 1. The van der Waals surface area contributed by atoms with Crippen molar-refractivity contribution in [3.63, 3.8) is 0 Å². The van der Waals surface area contributed by atoms with Crippen LogP contribution >= 0.6 is 0 Å². The molecule has 0 bridgehead atoms. The summed E-state index contributed by atoms with van der Waals surface area (Å²) in [5, 5.41) is 0. The number of hydrogen-bond acceptors (Lipinski definition) is 0. The molecular weight excluding hydrogens is 156 g/mol. The average Bonchev–Trinajstić information content (AvgIpc) is 2.14. The molecule has 0 aliphatic heterocycles. The molecule has 13 heavy (non-hydrogen) atoms. The molecule has 1 rings (SSSR count). The van der Waals surface area contributed by atoms with Crippen LogP contribution in [0.1, 0.15) is 24.5 Å². The van der Waals surface area contributed by atoms with E-state index in [-0.39, 0.29) is 0 Å². The van der Waals surface area contributed by atoms with Crippen LogP contribution in [-0.2, 0) is 0 Å². The fourth-order valence-corrected chi connectivity index (χ4v) is 1.11. The van der Waals surface area contributed by atoms with Gasteiger partial charge >= 0.3 is 0 Å². The molecule has 0 spiro atoms. The van der Waals surface area contributed by atoms with Gasteiger partial charge < -0.3 is 0 Å². The van der Waals surface area contributed by atoms with Crippen LogP contribution in [0.15, 0.2) is 42.5 Å². The molecule has 0 N–H and O–H groups in total. The van der Waals surface area contributed by atoms with E-state index in [0.29, 0.717) is 0 Å². The lowest BCUT2D eigenvalue weighted by molar-refractivity contribution is 1.16. The molecule has 68 valence electrons. The van der Waals surface area contributed by atoms with Crippen LogP contribution in [0.2, 0.25) is 0 Å². The first-order valence-electron chi connectivity index (χ1n) is 4.65. The molecule has 0 aliphatic carbocycles. The Bertz CT molecular complexity index is 319. The highest BCUT2D eigenvalue weighted by Gasteiger charge is 1.87. The average molecular weight is 172 g/mol. The Kier molecular flexibility index (Phi) is 3.51. The molecule has 0 aromatic heterocycles. The van der Waals surface area contributed by atoms with E-state index < -0.39 is 0 Å². The fraction of sp³-hybridized carbons (Fsp3) is 0.231. The first kappa shape index (κ1) is 9.79. The first-order chi connectivity index (χ1) is 6.22. The third kappa shape index (κ3) is 3.29. The molecule has 1 aromatic rings. The Hall–Kier alpha value is -1.30. The summed E-state index contributed by atoms with van der Waals surface area (Å²) in [6.45, 7) is 8.14. The lowest BCUT2D eigenvalue weighted by Crippen LogP contribution is -1.75. The van der Waals surface area contributed by atoms with Crippen LogP contribution < -0.4 is 0 Å². The minimum atomic E-state index is 1.02. The van der Waals surface area contributed by atoms with Gasteiger partial charge in [-0.2, -0.15) is 0 Å². The highest BCUT2D eigenvalue weighted by Crippen LogP contribution is 2.08. The van der Waals surface area contributed by atoms with Gasteiger partial charge in [-0.3, -0.25) is 0 Å². The Morgan fingerprint density at radius 3 is 2.85 bits per heavy atom. The van der Waals surface area contributed by atoms with Gasteiger partial charge in [-0.05, 0) is 18.9 Å². The summed E-state index contributed by atoms with van der Waals surface area (Å²) in [6, 6.07) is 8.45. The van der Waals surface area contributed by atoms with Crippen LogP contribution in [0.4, 0.5) is 0 Å². The minimum absolute atomic E-state index is 1.02. The van der Waals surface area contributed by atoms with Crippen molar-refractivity contribution in [2.45, 2.75) is 20.3 Å². The van der Waals surface area contributed by atoms with Gasteiger partial charge in [0.05, 0.1) is 0 Å². The zero-order valence-corrected chi connectivity index (χ0v) is 8.38. The van der Waals surface area contributed by atoms with E-state index in [2.05, 4.69) is 56.8 Å². The van der Waals surface area contributed by atoms with Gasteiger partial charge in [-0.1, -0.05) is 61.1 Å². The van der Waals surface area contributed by atoms with E-state index >= 15 is 0 Å². The van der Waals surface area contributed by atoms with Crippen molar-refractivity contribution in [1.29, 1.82) is 0 Å². The van der Waals surface area contributed by atoms with Crippen LogP contribution in [-0.4, -0.2) is 0 Å². The smallest absolute Gasteiger partial charge is 0.0254 e. The molecule has 0 saturated heterocycles. The monoisotopic (exact) mass is 172 g/mol. The maximum Gasteiger partial charge on any atom is -0.0254 e. The van der Waals surface area contributed by atoms with E-state index in [1.54, 1.807) is 0 Å². The van der Waals surface area contributed by atoms with Crippen LogP contribution in [0.25, 0.3) is 6.08 Å². The largest absolute Gasteiger partial charge is 0.0958 e. The zero-order chi connectivity index (χ0) is 9.68. The summed E-state index contributed by atoms with van der Waals surface area (Å²) >= 11 is 0. The van der Waals surface area contributed by atoms with E-state index in [0.717, 1.165) is 6.42 Å². The van der Waals surface area contributed by atoms with Crippen molar-refractivity contribution >= 4 is 6.08 Å². The summed E-state index contributed by atoms with van der Waals surface area (Å²) in [6.07, 6.45) is 5.20. The van der Waals surface area contributed by atoms with Gasteiger partial charge in [0.15, 0.2) is 0 Å². The second-order valence-corrected chi connectivity index (χ2v) is 3.26. The normalized spacial score (nSPS) is 10.6. The Morgan fingerprint density at radius 1 is 1.46 bits per heavy atom. The minimum Gasteiger partial charge on any atom is -0.0958 e. The number of aryl methyl sites for hydroxylation is 1. The molecule has 0 nitrogen and oxygen atoms in total. The quantitative estimate of drug-likeness (QED) is 0.605. The molecule has 0 saturated carbocycles. The van der Waals surface area contributed by atoms with Crippen molar-refractivity contribution in [1.82, 2.24) is 0 Å². The van der Waals surface area contributed by atoms with Crippen molar-refractivity contribution in [2.24, 2.45) is 0 Å². The second kappa shape index (κ2) is 4.66. The van der Waals surface area contributed by atoms with Crippen LogP contribution in [0, 0.1) is 6.92 Å². The van der Waals surface area contributed by atoms with Crippen molar-refractivity contribution in [3.8, 4) is 0 Å². The van der Waals surface area contributed by atoms with Crippen molar-refractivity contribution < 1.29 is 0 Å². The molecule has 0 radical (unpaired) electrons. The third-order valence-corrected chi connectivity index (χ3v) is 2.01. The summed E-state index contributed by atoms with van der Waals surface area (Å²) < 4.78 is 0. The first-order valence-corrected chi connectivity index (χ1v) is 4.65. The molecule has 1 aromatic carbocycles. The van der Waals surface area contributed by atoms with Gasteiger partial charge in [0.1, 0.15) is 0 Å². The predicted octanol–water partition coefficient (Wildman–Crippen LogP) is 3.97. The topological polar surface area (TPSA) is 0 Å². The Balaban J connectivity index is 2.74. The third-order valence-electron chi connectivity index (χ3n) is 2.01. The lowest BCUT2D eigenvalue weighted by atomic mass is 10.1. The fourth-order valence-electron chi connectivity index (χ4n) is 1.11. The van der Waals surface area contributed by atoms with Gasteiger partial charge in [0.25, 0.3) is 0 Å². The van der Waals surface area contributed by atoms with Crippen LogP contribution in [0.3, 0.4) is 0 Å². The summed E-state index contributed by atoms with van der Waals surface area (Å²) in [7, 11) is 0. The molecule has 0 fully saturated rings. The number of allylic oxidation sites excluding steroid dienone is 2. The van der Waals surface area contributed by atoms with Gasteiger partial charge in [0.2, 0.25) is 0 Å². The van der Waals surface area contributed by atoms with E-state index in [4.69, 9.17) is 0 Å². The van der Waals surface area contributed by atoms with E-state index in [9.17, 15) is 0 Å². The highest BCUT2D eigenvalue weighted by molar-refractivity contribution is 5.53. The Labute approximate surface area is 80.6 Å². The van der Waals surface area contributed by atoms with Crippen molar-refractivity contribution in [2.75, 3.05) is 0 Å². The molecule has 0 heterocycles. The summed E-state index contributed by atoms with van der Waals surface area (Å²) in [5.41, 5.74) is 3.71. The molecular formula is C13H16.